The number of nitrogens with one attached hydrogen (secondary N) is 1. The molecular weight excluding hydrogens is 607 g/mol. The van der Waals surface area contributed by atoms with Crippen LogP contribution in [-0.2, 0) is 15.9 Å². The van der Waals surface area contributed by atoms with E-state index in [1.807, 2.05) is 25.1 Å². The molecule has 4 aromatic rings. The van der Waals surface area contributed by atoms with Crippen molar-refractivity contribution in [2.45, 2.75) is 37.3 Å². The molecule has 0 radical (unpaired) electrons. The molecule has 0 saturated heterocycles. The Morgan fingerprint density at radius 1 is 1.07 bits per heavy atom. The summed E-state index contributed by atoms with van der Waals surface area (Å²) in [6.07, 6.45) is 3.59. The van der Waals surface area contributed by atoms with Gasteiger partial charge < -0.3 is 14.8 Å². The van der Waals surface area contributed by atoms with Crippen molar-refractivity contribution in [3.8, 4) is 0 Å². The molecule has 8 nitrogen and oxygen atoms in total. The number of thioether (sulfide) groups is 1. The number of fused-ring (bicyclic) bond motifs is 1. The zero-order valence-corrected chi connectivity index (χ0v) is 26.0. The highest BCUT2D eigenvalue weighted by Gasteiger charge is 2.45. The van der Waals surface area contributed by atoms with Gasteiger partial charge in [0.1, 0.15) is 0 Å². The van der Waals surface area contributed by atoms with Crippen LogP contribution in [0.15, 0.2) is 84.1 Å². The van der Waals surface area contributed by atoms with E-state index >= 15 is 0 Å². The van der Waals surface area contributed by atoms with E-state index in [2.05, 4.69) is 15.3 Å². The Morgan fingerprint density at radius 2 is 1.86 bits per heavy atom. The first kappa shape index (κ1) is 31.0. The second-order valence-corrected chi connectivity index (χ2v) is 11.8. The van der Waals surface area contributed by atoms with Crippen molar-refractivity contribution >= 4 is 58.2 Å². The molecule has 1 atom stereocenters. The second-order valence-electron chi connectivity index (χ2n) is 9.87. The van der Waals surface area contributed by atoms with E-state index in [9.17, 15) is 9.59 Å². The van der Waals surface area contributed by atoms with E-state index in [0.29, 0.717) is 62.7 Å². The number of carbonyl (C=O) groups excluding carboxylic acids is 2. The number of halogens is 2. The van der Waals surface area contributed by atoms with Crippen LogP contribution in [-0.4, -0.2) is 47.2 Å². The minimum absolute atomic E-state index is 0.287. The number of rotatable bonds is 9. The largest absolute Gasteiger partial charge is 0.336 e. The highest BCUT2D eigenvalue weighted by molar-refractivity contribution is 7.99. The zero-order chi connectivity index (χ0) is 30.4. The molecule has 3 aromatic carbocycles. The van der Waals surface area contributed by atoms with Gasteiger partial charge in [-0.1, -0.05) is 47.1 Å². The Kier molecular flexibility index (Phi) is 10.00. The molecule has 2 heterocycles. The maximum absolute atomic E-state index is 14.3. The lowest BCUT2D eigenvalue weighted by Gasteiger charge is -2.41. The summed E-state index contributed by atoms with van der Waals surface area (Å²) in [4.78, 5) is 37.3. The van der Waals surface area contributed by atoms with Crippen molar-refractivity contribution < 1.29 is 19.1 Å². The average Bonchev–Trinajstić information content (AvgIpc) is 3.16. The number of hydrogen-bond acceptors (Lipinski definition) is 7. The molecule has 5 rings (SSSR count). The van der Waals surface area contributed by atoms with Crippen molar-refractivity contribution in [1.29, 1.82) is 0 Å². The van der Waals surface area contributed by atoms with E-state index in [1.165, 1.54) is 11.8 Å². The standard InChI is InChI=1S/C32H30Cl2N4O4S/c1-21-15-17-35-31(36-21)43-19-18-42-32(41-2)16-5-6-23-20-24(33)11-14-28(23)38(32)30(40)22-9-12-25(13-10-22)37-29(39)26-7-3-4-8-27(26)34/h3-4,7-15,17,20H,5-6,16,18-19H2,1-2H3,(H,37,39). The van der Waals surface area contributed by atoms with Gasteiger partial charge in [0.05, 0.1) is 22.9 Å². The average molecular weight is 638 g/mol. The molecule has 1 unspecified atom stereocenters. The summed E-state index contributed by atoms with van der Waals surface area (Å²) >= 11 is 14.0. The van der Waals surface area contributed by atoms with Crippen LogP contribution in [0.1, 0.15) is 44.8 Å². The number of amides is 2. The monoisotopic (exact) mass is 636 g/mol. The first-order valence-corrected chi connectivity index (χ1v) is 15.4. The number of methoxy groups -OCH3 is 1. The summed E-state index contributed by atoms with van der Waals surface area (Å²) in [5, 5.41) is 4.43. The number of carbonyl (C=O) groups is 2. The van der Waals surface area contributed by atoms with E-state index in [4.69, 9.17) is 32.7 Å². The molecule has 2 amide bonds. The van der Waals surface area contributed by atoms with Gasteiger partial charge in [0.2, 0.25) is 0 Å². The van der Waals surface area contributed by atoms with Gasteiger partial charge in [-0.3, -0.25) is 14.5 Å². The molecule has 0 fully saturated rings. The fraction of sp³-hybridized carbons (Fsp3) is 0.250. The van der Waals surface area contributed by atoms with Crippen LogP contribution in [0.2, 0.25) is 10.0 Å². The molecule has 0 bridgehead atoms. The molecule has 1 aliphatic rings. The Bertz CT molecular complexity index is 1620. The van der Waals surface area contributed by atoms with E-state index in [-0.39, 0.29) is 18.4 Å². The summed E-state index contributed by atoms with van der Waals surface area (Å²) in [6.45, 7) is 2.20. The smallest absolute Gasteiger partial charge is 0.262 e. The number of aromatic nitrogens is 2. The predicted molar refractivity (Wildman–Crippen MR) is 170 cm³/mol. The summed E-state index contributed by atoms with van der Waals surface area (Å²) < 4.78 is 12.5. The van der Waals surface area contributed by atoms with Crippen molar-refractivity contribution in [3.05, 3.63) is 111 Å². The third-order valence-electron chi connectivity index (χ3n) is 7.01. The number of benzene rings is 3. The second kappa shape index (κ2) is 13.9. The molecule has 1 aromatic heterocycles. The van der Waals surface area contributed by atoms with Crippen molar-refractivity contribution in [3.63, 3.8) is 0 Å². The highest BCUT2D eigenvalue weighted by Crippen LogP contribution is 2.39. The van der Waals surface area contributed by atoms with Gasteiger partial charge in [-0.25, -0.2) is 9.97 Å². The zero-order valence-electron chi connectivity index (χ0n) is 23.7. The van der Waals surface area contributed by atoms with Crippen LogP contribution in [0.4, 0.5) is 11.4 Å². The Hall–Kier alpha value is -3.47. The first-order chi connectivity index (χ1) is 20.8. The van der Waals surface area contributed by atoms with Crippen molar-refractivity contribution in [1.82, 2.24) is 9.97 Å². The molecule has 0 spiro atoms. The van der Waals surface area contributed by atoms with Gasteiger partial charge in [-0.2, -0.15) is 0 Å². The van der Waals surface area contributed by atoms with Gasteiger partial charge in [0.15, 0.2) is 5.16 Å². The van der Waals surface area contributed by atoms with Gasteiger partial charge in [-0.05, 0) is 86.0 Å². The van der Waals surface area contributed by atoms with E-state index in [0.717, 1.165) is 11.3 Å². The van der Waals surface area contributed by atoms with Crippen LogP contribution in [0, 0.1) is 6.92 Å². The minimum Gasteiger partial charge on any atom is -0.336 e. The van der Waals surface area contributed by atoms with Crippen LogP contribution in [0.25, 0.3) is 0 Å². The number of nitrogens with zero attached hydrogens (tertiary/aromatic N) is 3. The molecular formula is C32H30Cl2N4O4S. The SMILES string of the molecule is COC1(OCCSc2nccc(C)n2)CCCc2cc(Cl)ccc2N1C(=O)c1ccc(NC(=O)c2ccccc2Cl)cc1. The molecule has 0 saturated carbocycles. The quantitative estimate of drug-likeness (QED) is 0.0883. The minimum atomic E-state index is -1.36. The van der Waals surface area contributed by atoms with E-state index in [1.54, 1.807) is 72.8 Å². The molecule has 1 aliphatic heterocycles. The van der Waals surface area contributed by atoms with Gasteiger partial charge >= 0.3 is 0 Å². The maximum Gasteiger partial charge on any atom is 0.262 e. The van der Waals surface area contributed by atoms with E-state index < -0.39 is 5.91 Å². The predicted octanol–water partition coefficient (Wildman–Crippen LogP) is 7.44. The summed E-state index contributed by atoms with van der Waals surface area (Å²) in [7, 11) is 1.55. The highest BCUT2D eigenvalue weighted by atomic mass is 35.5. The topological polar surface area (TPSA) is 93.7 Å². The third-order valence-corrected chi connectivity index (χ3v) is 8.40. The molecule has 1 N–H and O–H groups in total. The van der Waals surface area contributed by atoms with Crippen LogP contribution < -0.4 is 10.2 Å². The number of ether oxygens (including phenoxy) is 2. The Labute approximate surface area is 264 Å². The van der Waals surface area contributed by atoms with Crippen molar-refractivity contribution in [2.75, 3.05) is 29.7 Å². The molecule has 43 heavy (non-hydrogen) atoms. The van der Waals surface area contributed by atoms with Crippen molar-refractivity contribution in [2.24, 2.45) is 0 Å². The summed E-state index contributed by atoms with van der Waals surface area (Å²) in [6, 6.07) is 20.8. The lowest BCUT2D eigenvalue weighted by Crippen LogP contribution is -2.55. The molecule has 0 aliphatic carbocycles. The first-order valence-electron chi connectivity index (χ1n) is 13.7. The van der Waals surface area contributed by atoms with Gasteiger partial charge in [-0.15, -0.1) is 0 Å². The lowest BCUT2D eigenvalue weighted by molar-refractivity contribution is -0.217. The number of aryl methyl sites for hydroxylation is 2. The maximum atomic E-state index is 14.3. The fourth-order valence-corrected chi connectivity index (χ4v) is 6.03. The van der Waals surface area contributed by atoms with Crippen LogP contribution in [0.3, 0.4) is 0 Å². The van der Waals surface area contributed by atoms with Gasteiger partial charge in [0.25, 0.3) is 17.7 Å². The third kappa shape index (κ3) is 7.20. The lowest BCUT2D eigenvalue weighted by atomic mass is 10.1. The summed E-state index contributed by atoms with van der Waals surface area (Å²) in [5.41, 5.74) is 3.75. The van der Waals surface area contributed by atoms with Crippen LogP contribution >= 0.6 is 35.0 Å². The molecule has 11 heteroatoms. The summed E-state index contributed by atoms with van der Waals surface area (Å²) in [5.74, 6) is -1.46. The van der Waals surface area contributed by atoms with Crippen LogP contribution in [0.5, 0.6) is 0 Å². The van der Waals surface area contributed by atoms with Gasteiger partial charge in [0, 0.05) is 47.4 Å². The fourth-order valence-electron chi connectivity index (χ4n) is 4.92. The molecule has 222 valence electrons. The Morgan fingerprint density at radius 3 is 2.60 bits per heavy atom. The number of anilines is 2. The normalized spacial score (nSPS) is 16.3. The Balaban J connectivity index is 1.39. The number of hydrogen-bond donors (Lipinski definition) is 1.